The zero-order valence-corrected chi connectivity index (χ0v) is 18.6. The van der Waals surface area contributed by atoms with Crippen LogP contribution in [-0.4, -0.2) is 23.8 Å². The molecule has 0 radical (unpaired) electrons. The predicted molar refractivity (Wildman–Crippen MR) is 120 cm³/mol. The van der Waals surface area contributed by atoms with Crippen molar-refractivity contribution in [1.82, 2.24) is 0 Å². The molecule has 0 saturated carbocycles. The maximum Gasteiger partial charge on any atom is 0.330 e. The van der Waals surface area contributed by atoms with E-state index in [9.17, 15) is 9.90 Å². The number of esters is 1. The molecule has 0 aliphatic rings. The molecule has 0 bridgehead atoms. The first-order valence-electron chi connectivity index (χ1n) is 10.3. The number of aliphatic hydroxyl groups is 1. The lowest BCUT2D eigenvalue weighted by molar-refractivity contribution is -0.137. The lowest BCUT2D eigenvalue weighted by Crippen LogP contribution is -2.19. The number of carbonyl (C=O) groups is 1. The van der Waals surface area contributed by atoms with Crippen LogP contribution in [-0.2, 0) is 9.53 Å². The lowest BCUT2D eigenvalue weighted by atomic mass is 9.90. The van der Waals surface area contributed by atoms with Crippen LogP contribution in [0, 0.1) is 5.92 Å². The van der Waals surface area contributed by atoms with Crippen molar-refractivity contribution < 1.29 is 14.6 Å². The van der Waals surface area contributed by atoms with E-state index in [-0.39, 0.29) is 11.9 Å². The summed E-state index contributed by atoms with van der Waals surface area (Å²) in [4.78, 5) is 11.3. The second-order valence-corrected chi connectivity index (χ2v) is 7.74. The summed E-state index contributed by atoms with van der Waals surface area (Å²) in [5, 5.41) is 10.4. The molecule has 28 heavy (non-hydrogen) atoms. The van der Waals surface area contributed by atoms with E-state index in [1.165, 1.54) is 17.2 Å². The van der Waals surface area contributed by atoms with Crippen LogP contribution in [0.2, 0.25) is 0 Å². The molecule has 3 nitrogen and oxygen atoms in total. The van der Waals surface area contributed by atoms with Crippen LogP contribution in [0.1, 0.15) is 73.1 Å². The maximum atomic E-state index is 11.3. The standard InChI is InChI=1S/C25H40O3/c1-8-28-25(27)14-10-13-22(6)23(7)24(26)18-17-21(5)16-15-20(4)12-9-11-19(2)3/h10-11,14-15,23-24,26H,5-6,8-9,12-13,16-18H2,1-4,7H3/b14-10+,20-15+/t23-,24+/m1/s1. The number of aliphatic hydroxyl groups excluding tert-OH is 1. The summed E-state index contributed by atoms with van der Waals surface area (Å²) in [7, 11) is 0. The van der Waals surface area contributed by atoms with Crippen LogP contribution < -0.4 is 0 Å². The highest BCUT2D eigenvalue weighted by Gasteiger charge is 2.16. The molecular weight excluding hydrogens is 348 g/mol. The number of allylic oxidation sites excluding steroid dienone is 6. The number of hydrogen-bond acceptors (Lipinski definition) is 3. The molecule has 0 heterocycles. The normalized spacial score (nSPS) is 13.9. The highest BCUT2D eigenvalue weighted by molar-refractivity contribution is 5.81. The van der Waals surface area contributed by atoms with Crippen LogP contribution in [0.15, 0.2) is 59.8 Å². The highest BCUT2D eigenvalue weighted by Crippen LogP contribution is 2.22. The summed E-state index contributed by atoms with van der Waals surface area (Å²) in [6, 6.07) is 0. The van der Waals surface area contributed by atoms with Gasteiger partial charge >= 0.3 is 5.97 Å². The van der Waals surface area contributed by atoms with Crippen molar-refractivity contribution in [2.75, 3.05) is 6.61 Å². The van der Waals surface area contributed by atoms with Gasteiger partial charge in [0.15, 0.2) is 0 Å². The smallest absolute Gasteiger partial charge is 0.330 e. The van der Waals surface area contributed by atoms with Gasteiger partial charge in [-0.3, -0.25) is 0 Å². The minimum Gasteiger partial charge on any atom is -0.463 e. The summed E-state index contributed by atoms with van der Waals surface area (Å²) in [5.74, 6) is -0.370. The van der Waals surface area contributed by atoms with E-state index in [1.807, 2.05) is 6.92 Å². The minimum atomic E-state index is -0.456. The third kappa shape index (κ3) is 13.3. The fourth-order valence-corrected chi connectivity index (χ4v) is 2.67. The summed E-state index contributed by atoms with van der Waals surface area (Å²) < 4.78 is 4.85. The monoisotopic (exact) mass is 388 g/mol. The Morgan fingerprint density at radius 1 is 1.11 bits per heavy atom. The first-order chi connectivity index (χ1) is 13.2. The number of rotatable bonds is 14. The average molecular weight is 389 g/mol. The Hall–Kier alpha value is -1.87. The van der Waals surface area contributed by atoms with E-state index in [0.717, 1.165) is 36.8 Å². The van der Waals surface area contributed by atoms with Crippen molar-refractivity contribution in [3.05, 3.63) is 59.8 Å². The van der Waals surface area contributed by atoms with Gasteiger partial charge in [0.1, 0.15) is 0 Å². The fourth-order valence-electron chi connectivity index (χ4n) is 2.67. The lowest BCUT2D eigenvalue weighted by Gasteiger charge is -2.21. The molecule has 0 aliphatic carbocycles. The van der Waals surface area contributed by atoms with Gasteiger partial charge in [-0.25, -0.2) is 4.79 Å². The summed E-state index contributed by atoms with van der Waals surface area (Å²) in [6.07, 6.45) is 12.3. The quantitative estimate of drug-likeness (QED) is 0.211. The van der Waals surface area contributed by atoms with Crippen molar-refractivity contribution in [3.8, 4) is 0 Å². The Balaban J connectivity index is 4.24. The van der Waals surface area contributed by atoms with Crippen molar-refractivity contribution >= 4 is 5.97 Å². The molecule has 0 saturated heterocycles. The van der Waals surface area contributed by atoms with Crippen molar-refractivity contribution in [1.29, 1.82) is 0 Å². The molecule has 0 unspecified atom stereocenters. The minimum absolute atomic E-state index is 0.0269. The highest BCUT2D eigenvalue weighted by atomic mass is 16.5. The first kappa shape index (κ1) is 26.1. The fraction of sp³-hybridized carbons (Fsp3) is 0.560. The Kier molecular flexibility index (Phi) is 14.1. The Bertz CT molecular complexity index is 589. The molecule has 3 heteroatoms. The molecule has 0 amide bonds. The Labute approximate surface area is 172 Å². The van der Waals surface area contributed by atoms with Crippen molar-refractivity contribution in [2.24, 2.45) is 5.92 Å². The largest absolute Gasteiger partial charge is 0.463 e. The molecule has 2 atom stereocenters. The Morgan fingerprint density at radius 2 is 1.79 bits per heavy atom. The third-order valence-electron chi connectivity index (χ3n) is 4.77. The van der Waals surface area contributed by atoms with Crippen LogP contribution in [0.3, 0.4) is 0 Å². The van der Waals surface area contributed by atoms with E-state index in [4.69, 9.17) is 4.74 Å². The van der Waals surface area contributed by atoms with Crippen molar-refractivity contribution in [2.45, 2.75) is 79.2 Å². The average Bonchev–Trinajstić information content (AvgIpc) is 2.63. The van der Waals surface area contributed by atoms with Gasteiger partial charge in [-0.15, -0.1) is 0 Å². The molecule has 158 valence electrons. The van der Waals surface area contributed by atoms with E-state index >= 15 is 0 Å². The van der Waals surface area contributed by atoms with Gasteiger partial charge in [-0.05, 0) is 66.2 Å². The predicted octanol–water partition coefficient (Wildman–Crippen LogP) is 6.47. The molecule has 0 aromatic rings. The summed E-state index contributed by atoms with van der Waals surface area (Å²) in [6.45, 7) is 18.7. The molecule has 0 rings (SSSR count). The number of carbonyl (C=O) groups excluding carboxylic acids is 1. The topological polar surface area (TPSA) is 46.5 Å². The number of hydrogen-bond donors (Lipinski definition) is 1. The Morgan fingerprint density at radius 3 is 2.39 bits per heavy atom. The van der Waals surface area contributed by atoms with Crippen LogP contribution in [0.5, 0.6) is 0 Å². The second-order valence-electron chi connectivity index (χ2n) is 7.74. The van der Waals surface area contributed by atoms with E-state index < -0.39 is 6.10 Å². The third-order valence-corrected chi connectivity index (χ3v) is 4.77. The molecule has 0 aromatic heterocycles. The first-order valence-corrected chi connectivity index (χ1v) is 10.3. The van der Waals surface area contributed by atoms with Gasteiger partial charge in [-0.2, -0.15) is 0 Å². The van der Waals surface area contributed by atoms with Gasteiger partial charge in [0.25, 0.3) is 0 Å². The molecule has 0 fully saturated rings. The van der Waals surface area contributed by atoms with Crippen LogP contribution in [0.25, 0.3) is 0 Å². The summed E-state index contributed by atoms with van der Waals surface area (Å²) >= 11 is 0. The van der Waals surface area contributed by atoms with Crippen molar-refractivity contribution in [3.63, 3.8) is 0 Å². The molecule has 0 aromatic carbocycles. The second kappa shape index (κ2) is 15.1. The van der Waals surface area contributed by atoms with Gasteiger partial charge < -0.3 is 9.84 Å². The molecule has 1 N–H and O–H groups in total. The van der Waals surface area contributed by atoms with Gasteiger partial charge in [0.2, 0.25) is 0 Å². The summed E-state index contributed by atoms with van der Waals surface area (Å²) in [5.41, 5.74) is 4.79. The zero-order valence-electron chi connectivity index (χ0n) is 18.6. The van der Waals surface area contributed by atoms with Gasteiger partial charge in [0, 0.05) is 12.0 Å². The molecule has 0 aliphatic heterocycles. The van der Waals surface area contributed by atoms with Gasteiger partial charge in [-0.1, -0.05) is 60.6 Å². The van der Waals surface area contributed by atoms with Crippen LogP contribution in [0.4, 0.5) is 0 Å². The number of ether oxygens (including phenoxy) is 1. The van der Waals surface area contributed by atoms with Crippen LogP contribution >= 0.6 is 0 Å². The zero-order chi connectivity index (χ0) is 21.5. The SMILES string of the molecule is C=C(C/C=C(\C)CCC=C(C)C)CC[C@H](O)[C@H](C)C(=C)C/C=C/C(=O)OCC. The maximum absolute atomic E-state index is 11.3. The molecular formula is C25H40O3. The van der Waals surface area contributed by atoms with Gasteiger partial charge in [0.05, 0.1) is 12.7 Å². The molecule has 0 spiro atoms. The van der Waals surface area contributed by atoms with E-state index in [0.29, 0.717) is 19.4 Å². The van der Waals surface area contributed by atoms with E-state index in [2.05, 4.69) is 46.1 Å². The van der Waals surface area contributed by atoms with E-state index in [1.54, 1.807) is 13.0 Å².